The average Bonchev–Trinajstić information content (AvgIpc) is 2.85. The predicted molar refractivity (Wildman–Crippen MR) is 82.1 cm³/mol. The molecule has 2 heterocycles. The van der Waals surface area contributed by atoms with Crippen LogP contribution in [0.1, 0.15) is 50.3 Å². The van der Waals surface area contributed by atoms with E-state index in [0.29, 0.717) is 12.5 Å². The minimum absolute atomic E-state index is 0.315. The molecule has 5 nitrogen and oxygen atoms in total. The van der Waals surface area contributed by atoms with Gasteiger partial charge in [-0.15, -0.1) is 10.2 Å². The van der Waals surface area contributed by atoms with Crippen LogP contribution in [0.2, 0.25) is 0 Å². The van der Waals surface area contributed by atoms with E-state index in [9.17, 15) is 0 Å². The zero-order chi connectivity index (χ0) is 14.2. The van der Waals surface area contributed by atoms with E-state index >= 15 is 0 Å². The smallest absolute Gasteiger partial charge is 0.190 e. The lowest BCUT2D eigenvalue weighted by Gasteiger charge is -2.21. The van der Waals surface area contributed by atoms with E-state index in [4.69, 9.17) is 5.11 Å². The van der Waals surface area contributed by atoms with Gasteiger partial charge in [0.1, 0.15) is 5.82 Å². The molecule has 0 unspecified atom stereocenters. The third-order valence-corrected chi connectivity index (χ3v) is 4.92. The predicted octanol–water partition coefficient (Wildman–Crippen LogP) is 1.93. The Bertz CT molecular complexity index is 391. The van der Waals surface area contributed by atoms with E-state index < -0.39 is 0 Å². The Morgan fingerprint density at radius 2 is 2.15 bits per heavy atom. The van der Waals surface area contributed by atoms with Gasteiger partial charge in [-0.3, -0.25) is 0 Å². The van der Waals surface area contributed by atoms with Gasteiger partial charge in [-0.05, 0) is 32.2 Å². The van der Waals surface area contributed by atoms with Crippen molar-refractivity contribution in [2.24, 2.45) is 7.05 Å². The highest BCUT2D eigenvalue weighted by Crippen LogP contribution is 2.25. The fourth-order valence-corrected chi connectivity index (χ4v) is 3.53. The van der Waals surface area contributed by atoms with Crippen LogP contribution >= 0.6 is 11.8 Å². The van der Waals surface area contributed by atoms with Gasteiger partial charge >= 0.3 is 0 Å². The number of hydrogen-bond acceptors (Lipinski definition) is 5. The standard InChI is InChI=1S/C14H26N4OS/c1-18-13(12-7-6-8-15-11-12)16-17-14(18)20-10-5-3-2-4-9-19/h12,15,19H,2-11H2,1H3/t12-/m1/s1. The molecule has 1 aromatic rings. The number of piperidine rings is 1. The molecular weight excluding hydrogens is 272 g/mol. The van der Waals surface area contributed by atoms with Crippen LogP contribution in [0.3, 0.4) is 0 Å². The molecule has 2 rings (SSSR count). The second-order valence-electron chi connectivity index (χ2n) is 5.43. The number of aliphatic hydroxyl groups is 1. The number of aliphatic hydroxyl groups excluding tert-OH is 1. The summed E-state index contributed by atoms with van der Waals surface area (Å²) in [7, 11) is 2.08. The summed E-state index contributed by atoms with van der Waals surface area (Å²) in [5, 5.41) is 21.9. The summed E-state index contributed by atoms with van der Waals surface area (Å²) >= 11 is 1.80. The first-order chi connectivity index (χ1) is 9.83. The minimum Gasteiger partial charge on any atom is -0.396 e. The normalized spacial score (nSPS) is 19.4. The third-order valence-electron chi connectivity index (χ3n) is 3.81. The fourth-order valence-electron chi connectivity index (χ4n) is 2.61. The van der Waals surface area contributed by atoms with Gasteiger partial charge < -0.3 is 15.0 Å². The van der Waals surface area contributed by atoms with Crippen molar-refractivity contribution in [3.63, 3.8) is 0 Å². The number of aromatic nitrogens is 3. The first-order valence-corrected chi connectivity index (χ1v) is 8.65. The third kappa shape index (κ3) is 4.46. The number of unbranched alkanes of at least 4 members (excludes halogenated alkanes) is 3. The lowest BCUT2D eigenvalue weighted by molar-refractivity contribution is 0.283. The van der Waals surface area contributed by atoms with Gasteiger partial charge in [0.25, 0.3) is 0 Å². The molecule has 0 bridgehead atoms. The van der Waals surface area contributed by atoms with Gasteiger partial charge in [-0.25, -0.2) is 0 Å². The summed E-state index contributed by atoms with van der Waals surface area (Å²) < 4.78 is 2.16. The Balaban J connectivity index is 1.76. The molecule has 0 radical (unpaired) electrons. The second-order valence-corrected chi connectivity index (χ2v) is 6.49. The highest BCUT2D eigenvalue weighted by atomic mass is 32.2. The monoisotopic (exact) mass is 298 g/mol. The van der Waals surface area contributed by atoms with E-state index in [2.05, 4.69) is 27.1 Å². The van der Waals surface area contributed by atoms with Crippen molar-refractivity contribution < 1.29 is 5.11 Å². The Kier molecular flexibility index (Phi) is 6.82. The summed E-state index contributed by atoms with van der Waals surface area (Å²) in [4.78, 5) is 0. The molecule has 6 heteroatoms. The molecule has 0 saturated carbocycles. The Morgan fingerprint density at radius 1 is 1.30 bits per heavy atom. The molecule has 0 spiro atoms. The zero-order valence-corrected chi connectivity index (χ0v) is 13.2. The van der Waals surface area contributed by atoms with Crippen LogP contribution < -0.4 is 5.32 Å². The maximum Gasteiger partial charge on any atom is 0.190 e. The van der Waals surface area contributed by atoms with Crippen molar-refractivity contribution >= 4 is 11.8 Å². The van der Waals surface area contributed by atoms with E-state index in [1.165, 1.54) is 25.7 Å². The molecule has 0 amide bonds. The Labute approximate surface area is 125 Å². The first-order valence-electron chi connectivity index (χ1n) is 7.66. The van der Waals surface area contributed by atoms with Crippen LogP contribution in [0.5, 0.6) is 0 Å². The van der Waals surface area contributed by atoms with Crippen LogP contribution in [-0.2, 0) is 7.05 Å². The van der Waals surface area contributed by atoms with Gasteiger partial charge in [0.15, 0.2) is 5.16 Å². The zero-order valence-electron chi connectivity index (χ0n) is 12.3. The summed E-state index contributed by atoms with van der Waals surface area (Å²) in [6.45, 7) is 2.47. The number of nitrogens with one attached hydrogen (secondary N) is 1. The van der Waals surface area contributed by atoms with E-state index in [1.54, 1.807) is 11.8 Å². The molecule has 1 aliphatic heterocycles. The van der Waals surface area contributed by atoms with Crippen LogP contribution in [-0.4, -0.2) is 45.3 Å². The van der Waals surface area contributed by atoms with Crippen molar-refractivity contribution in [1.82, 2.24) is 20.1 Å². The lowest BCUT2D eigenvalue weighted by atomic mass is 9.99. The molecule has 1 fully saturated rings. The molecule has 0 aliphatic carbocycles. The van der Waals surface area contributed by atoms with E-state index in [1.807, 2.05) is 0 Å². The van der Waals surface area contributed by atoms with Gasteiger partial charge in [-0.1, -0.05) is 24.6 Å². The molecular formula is C14H26N4OS. The largest absolute Gasteiger partial charge is 0.396 e. The van der Waals surface area contributed by atoms with E-state index in [0.717, 1.165) is 42.7 Å². The van der Waals surface area contributed by atoms with Gasteiger partial charge in [0.2, 0.25) is 0 Å². The maximum atomic E-state index is 8.73. The molecule has 1 atom stereocenters. The van der Waals surface area contributed by atoms with Gasteiger partial charge in [0.05, 0.1) is 0 Å². The molecule has 1 saturated heterocycles. The van der Waals surface area contributed by atoms with E-state index in [-0.39, 0.29) is 0 Å². The number of nitrogens with zero attached hydrogens (tertiary/aromatic N) is 3. The van der Waals surface area contributed by atoms with Crippen LogP contribution in [0.15, 0.2) is 5.16 Å². The highest BCUT2D eigenvalue weighted by Gasteiger charge is 2.21. The minimum atomic E-state index is 0.315. The molecule has 2 N–H and O–H groups in total. The van der Waals surface area contributed by atoms with Crippen LogP contribution in [0.25, 0.3) is 0 Å². The average molecular weight is 298 g/mol. The van der Waals surface area contributed by atoms with Crippen molar-refractivity contribution in [2.75, 3.05) is 25.4 Å². The fraction of sp³-hybridized carbons (Fsp3) is 0.857. The molecule has 0 aromatic carbocycles. The Hall–Kier alpha value is -0.590. The van der Waals surface area contributed by atoms with Gasteiger partial charge in [0, 0.05) is 31.9 Å². The van der Waals surface area contributed by atoms with Crippen molar-refractivity contribution in [2.45, 2.75) is 49.6 Å². The molecule has 1 aromatic heterocycles. The lowest BCUT2D eigenvalue weighted by Crippen LogP contribution is -2.29. The first kappa shape index (κ1) is 15.8. The molecule has 1 aliphatic rings. The van der Waals surface area contributed by atoms with Crippen LogP contribution in [0, 0.1) is 0 Å². The second kappa shape index (κ2) is 8.64. The Morgan fingerprint density at radius 3 is 2.90 bits per heavy atom. The van der Waals surface area contributed by atoms with Crippen molar-refractivity contribution in [3.05, 3.63) is 5.82 Å². The van der Waals surface area contributed by atoms with Crippen molar-refractivity contribution in [3.8, 4) is 0 Å². The highest BCUT2D eigenvalue weighted by molar-refractivity contribution is 7.99. The maximum absolute atomic E-state index is 8.73. The summed E-state index contributed by atoms with van der Waals surface area (Å²) in [6.07, 6.45) is 6.85. The molecule has 20 heavy (non-hydrogen) atoms. The number of rotatable bonds is 8. The summed E-state index contributed by atoms with van der Waals surface area (Å²) in [6, 6.07) is 0. The number of hydrogen-bond donors (Lipinski definition) is 2. The van der Waals surface area contributed by atoms with Crippen LogP contribution in [0.4, 0.5) is 0 Å². The SMILES string of the molecule is Cn1c(SCCCCCCO)nnc1[C@@H]1CCCNC1. The van der Waals surface area contributed by atoms with Gasteiger partial charge in [-0.2, -0.15) is 0 Å². The summed E-state index contributed by atoms with van der Waals surface area (Å²) in [5.74, 6) is 2.72. The quantitative estimate of drug-likeness (QED) is 0.567. The summed E-state index contributed by atoms with van der Waals surface area (Å²) in [5.41, 5.74) is 0. The number of thioether (sulfide) groups is 1. The molecule has 114 valence electrons. The van der Waals surface area contributed by atoms with Crippen molar-refractivity contribution in [1.29, 1.82) is 0 Å². The topological polar surface area (TPSA) is 63.0 Å².